The zero-order valence-corrected chi connectivity index (χ0v) is 12.2. The van der Waals surface area contributed by atoms with Gasteiger partial charge in [-0.1, -0.05) is 5.18 Å². The number of ketones is 1. The molecule has 0 bridgehead atoms. The number of Topliss-reactive ketones (excluding diaryl/α,β-unsaturated/α-hetero) is 1. The summed E-state index contributed by atoms with van der Waals surface area (Å²) in [5, 5.41) is 2.90. The molecule has 114 valence electrons. The summed E-state index contributed by atoms with van der Waals surface area (Å²) in [5.74, 6) is -0.645. The summed E-state index contributed by atoms with van der Waals surface area (Å²) in [6.07, 6.45) is 1.36. The molecule has 0 saturated heterocycles. The third kappa shape index (κ3) is 3.72. The number of benzene rings is 1. The van der Waals surface area contributed by atoms with Gasteiger partial charge in [0.25, 0.3) is 0 Å². The first kappa shape index (κ1) is 15.8. The largest absolute Gasteiger partial charge is 0.475 e. The van der Waals surface area contributed by atoms with Gasteiger partial charge >= 0.3 is 0 Å². The molecule has 0 N–H and O–H groups in total. The van der Waals surface area contributed by atoms with Crippen LogP contribution >= 0.6 is 0 Å². The molecule has 0 aliphatic rings. The van der Waals surface area contributed by atoms with Gasteiger partial charge in [0.15, 0.2) is 11.8 Å². The van der Waals surface area contributed by atoms with Crippen molar-refractivity contribution >= 4 is 5.78 Å². The Kier molecular flexibility index (Phi) is 4.93. The summed E-state index contributed by atoms with van der Waals surface area (Å²) in [6, 6.07) is 6.78. The minimum absolute atomic E-state index is 0.0850. The minimum Gasteiger partial charge on any atom is -0.475 e. The number of nitrogens with zero attached hydrogens (tertiary/aromatic N) is 2. The third-order valence-electron chi connectivity index (χ3n) is 2.91. The van der Waals surface area contributed by atoms with Crippen LogP contribution in [-0.2, 0) is 0 Å². The van der Waals surface area contributed by atoms with Crippen LogP contribution in [0.3, 0.4) is 0 Å². The molecule has 1 atom stereocenters. The van der Waals surface area contributed by atoms with Crippen molar-refractivity contribution in [2.24, 2.45) is 5.18 Å². The first-order valence-electron chi connectivity index (χ1n) is 6.76. The van der Waals surface area contributed by atoms with Crippen LogP contribution in [0.15, 0.2) is 47.8 Å². The molecule has 2 rings (SSSR count). The maximum Gasteiger partial charge on any atom is 0.213 e. The van der Waals surface area contributed by atoms with Gasteiger partial charge in [-0.25, -0.2) is 9.37 Å². The monoisotopic (exact) mass is 302 g/mol. The van der Waals surface area contributed by atoms with E-state index in [2.05, 4.69) is 10.2 Å². The topological polar surface area (TPSA) is 68.6 Å². The highest BCUT2D eigenvalue weighted by molar-refractivity contribution is 6.00. The second kappa shape index (κ2) is 6.89. The summed E-state index contributed by atoms with van der Waals surface area (Å²) >= 11 is 0. The second-order valence-electron chi connectivity index (χ2n) is 4.97. The van der Waals surface area contributed by atoms with Crippen molar-refractivity contribution in [3.8, 4) is 5.88 Å². The Balaban J connectivity index is 2.29. The average Bonchev–Trinajstić information content (AvgIpc) is 2.48. The lowest BCUT2D eigenvalue weighted by molar-refractivity contribution is 0.0961. The number of pyridine rings is 1. The molecular formula is C16H15FN2O3. The molecule has 2 aromatic rings. The number of halogens is 1. The van der Waals surface area contributed by atoms with E-state index in [-0.39, 0.29) is 11.7 Å². The van der Waals surface area contributed by atoms with Crippen molar-refractivity contribution in [2.75, 3.05) is 0 Å². The molecule has 0 aliphatic carbocycles. The van der Waals surface area contributed by atoms with Crippen LogP contribution < -0.4 is 4.74 Å². The van der Waals surface area contributed by atoms with Crippen molar-refractivity contribution in [3.63, 3.8) is 0 Å². The molecule has 5 nitrogen and oxygen atoms in total. The Morgan fingerprint density at radius 2 is 1.91 bits per heavy atom. The molecule has 0 radical (unpaired) electrons. The van der Waals surface area contributed by atoms with E-state index in [1.54, 1.807) is 0 Å². The first-order valence-corrected chi connectivity index (χ1v) is 6.76. The fraction of sp³-hybridized carbons (Fsp3) is 0.250. The van der Waals surface area contributed by atoms with E-state index in [9.17, 15) is 14.1 Å². The predicted molar refractivity (Wildman–Crippen MR) is 79.3 cm³/mol. The molecule has 0 spiro atoms. The summed E-state index contributed by atoms with van der Waals surface area (Å²) < 4.78 is 18.3. The molecule has 0 fully saturated rings. The van der Waals surface area contributed by atoms with Gasteiger partial charge in [0.2, 0.25) is 5.88 Å². The zero-order valence-electron chi connectivity index (χ0n) is 12.2. The van der Waals surface area contributed by atoms with E-state index in [1.807, 2.05) is 13.8 Å². The third-order valence-corrected chi connectivity index (χ3v) is 2.91. The first-order chi connectivity index (χ1) is 10.5. The zero-order chi connectivity index (χ0) is 16.1. The highest BCUT2D eigenvalue weighted by Crippen LogP contribution is 2.25. The molecule has 0 aliphatic heterocycles. The van der Waals surface area contributed by atoms with Crippen LogP contribution in [0.5, 0.6) is 5.88 Å². The van der Waals surface area contributed by atoms with Crippen molar-refractivity contribution < 1.29 is 13.9 Å². The molecule has 0 saturated carbocycles. The van der Waals surface area contributed by atoms with Gasteiger partial charge in [-0.15, -0.1) is 4.91 Å². The van der Waals surface area contributed by atoms with Gasteiger partial charge in [-0.3, -0.25) is 4.79 Å². The lowest BCUT2D eigenvalue weighted by Gasteiger charge is -2.12. The number of ether oxygens (including phenoxy) is 1. The van der Waals surface area contributed by atoms with Crippen LogP contribution in [0, 0.1) is 10.7 Å². The molecule has 1 aromatic heterocycles. The molecule has 6 heteroatoms. The standard InChI is InChI=1S/C16H15FN2O3/c1-10(2)22-14-9-12(7-8-18-14)15(19-21)16(20)11-3-5-13(17)6-4-11/h3-10,15H,1-2H3. The maximum atomic E-state index is 12.9. The number of nitroso groups, excluding NO2 is 1. The van der Waals surface area contributed by atoms with Crippen LogP contribution in [-0.4, -0.2) is 16.9 Å². The van der Waals surface area contributed by atoms with E-state index in [4.69, 9.17) is 4.74 Å². The average molecular weight is 302 g/mol. The Hall–Kier alpha value is -2.63. The molecule has 1 aromatic carbocycles. The molecule has 1 unspecified atom stereocenters. The predicted octanol–water partition coefficient (Wildman–Crippen LogP) is 3.70. The highest BCUT2D eigenvalue weighted by atomic mass is 19.1. The van der Waals surface area contributed by atoms with E-state index in [1.165, 1.54) is 30.5 Å². The summed E-state index contributed by atoms with van der Waals surface area (Å²) in [4.78, 5) is 27.5. The number of carbonyl (C=O) groups is 1. The fourth-order valence-corrected chi connectivity index (χ4v) is 1.93. The van der Waals surface area contributed by atoms with E-state index in [0.717, 1.165) is 12.1 Å². The van der Waals surface area contributed by atoms with Gasteiger partial charge in [0.1, 0.15) is 5.82 Å². The van der Waals surface area contributed by atoms with Crippen LogP contribution in [0.2, 0.25) is 0 Å². The Labute approximate surface area is 127 Å². The smallest absolute Gasteiger partial charge is 0.213 e. The lowest BCUT2D eigenvalue weighted by atomic mass is 9.99. The Bertz CT molecular complexity index is 671. The number of aromatic nitrogens is 1. The summed E-state index contributed by atoms with van der Waals surface area (Å²) in [6.45, 7) is 3.68. The lowest BCUT2D eigenvalue weighted by Crippen LogP contribution is -2.12. The SMILES string of the molecule is CC(C)Oc1cc(C(N=O)C(=O)c2ccc(F)cc2)ccn1. The van der Waals surface area contributed by atoms with Crippen LogP contribution in [0.1, 0.15) is 35.8 Å². The van der Waals surface area contributed by atoms with Gasteiger partial charge < -0.3 is 4.74 Å². The normalized spacial score (nSPS) is 12.0. The molecule has 0 amide bonds. The van der Waals surface area contributed by atoms with Crippen molar-refractivity contribution in [3.05, 3.63) is 64.4 Å². The van der Waals surface area contributed by atoms with Crippen molar-refractivity contribution in [1.29, 1.82) is 0 Å². The van der Waals surface area contributed by atoms with Crippen molar-refractivity contribution in [1.82, 2.24) is 4.98 Å². The van der Waals surface area contributed by atoms with Gasteiger partial charge in [-0.2, -0.15) is 0 Å². The van der Waals surface area contributed by atoms with Crippen molar-refractivity contribution in [2.45, 2.75) is 26.0 Å². The van der Waals surface area contributed by atoms with Gasteiger partial charge in [-0.05, 0) is 49.7 Å². The molecule has 22 heavy (non-hydrogen) atoms. The second-order valence-corrected chi connectivity index (χ2v) is 4.97. The van der Waals surface area contributed by atoms with Gasteiger partial charge in [0, 0.05) is 17.8 Å². The fourth-order valence-electron chi connectivity index (χ4n) is 1.93. The van der Waals surface area contributed by atoms with E-state index < -0.39 is 17.6 Å². The molecular weight excluding hydrogens is 287 g/mol. The van der Waals surface area contributed by atoms with E-state index in [0.29, 0.717) is 11.4 Å². The number of hydrogen-bond donors (Lipinski definition) is 0. The Morgan fingerprint density at radius 3 is 2.50 bits per heavy atom. The summed E-state index contributed by atoms with van der Waals surface area (Å²) in [7, 11) is 0. The quantitative estimate of drug-likeness (QED) is 0.602. The number of rotatable bonds is 6. The maximum absolute atomic E-state index is 12.9. The van der Waals surface area contributed by atoms with Crippen LogP contribution in [0.4, 0.5) is 4.39 Å². The summed E-state index contributed by atoms with van der Waals surface area (Å²) in [5.41, 5.74) is 0.601. The number of carbonyl (C=O) groups excluding carboxylic acids is 1. The minimum atomic E-state index is -1.22. The number of hydrogen-bond acceptors (Lipinski definition) is 5. The van der Waals surface area contributed by atoms with E-state index >= 15 is 0 Å². The van der Waals surface area contributed by atoms with Gasteiger partial charge in [0.05, 0.1) is 6.10 Å². The van der Waals surface area contributed by atoms with Crippen LogP contribution in [0.25, 0.3) is 0 Å². The Morgan fingerprint density at radius 1 is 1.23 bits per heavy atom. The highest BCUT2D eigenvalue weighted by Gasteiger charge is 2.24. The molecule has 1 heterocycles.